The summed E-state index contributed by atoms with van der Waals surface area (Å²) in [5, 5.41) is 7.69. The Hall–Kier alpha value is -0.850. The summed E-state index contributed by atoms with van der Waals surface area (Å²) in [4.78, 5) is 2.68. The van der Waals surface area contributed by atoms with Crippen molar-refractivity contribution < 1.29 is 0 Å². The van der Waals surface area contributed by atoms with Gasteiger partial charge in [-0.05, 0) is 80.7 Å². The lowest BCUT2D eigenvalue weighted by Crippen LogP contribution is -2.46. The topological polar surface area (TPSA) is 15.3 Å². The molecule has 0 aromatic heterocycles. The molecule has 0 spiro atoms. The third-order valence-corrected chi connectivity index (χ3v) is 11.4. The zero-order valence-electron chi connectivity index (χ0n) is 18.5. The molecule has 3 heteroatoms. The maximum absolute atomic E-state index is 3.55. The summed E-state index contributed by atoms with van der Waals surface area (Å²) in [5.41, 5.74) is 1.57. The van der Waals surface area contributed by atoms with Crippen molar-refractivity contribution in [2.45, 2.75) is 70.4 Å². The standard InChI is InChI=1S/C26H39N2P/c1-20-9-10-23(17-20)29(26-11-5-6-22(19-26)16-21(2)18-26)25-8-4-3-7-24(25)28-14-12-27-13-15-28/h3-4,7-8,10,20-22,27H,5-6,9,11-19H2,1-2H3. The Balaban J connectivity index is 1.59. The Kier molecular flexibility index (Phi) is 5.78. The molecule has 1 aliphatic heterocycles. The van der Waals surface area contributed by atoms with Crippen LogP contribution in [0.4, 0.5) is 5.69 Å². The number of benzene rings is 1. The number of rotatable bonds is 4. The molecule has 158 valence electrons. The van der Waals surface area contributed by atoms with Crippen LogP contribution < -0.4 is 15.5 Å². The van der Waals surface area contributed by atoms with Gasteiger partial charge in [0, 0.05) is 37.2 Å². The highest BCUT2D eigenvalue weighted by Gasteiger charge is 2.49. The second kappa shape index (κ2) is 8.35. The van der Waals surface area contributed by atoms with Crippen molar-refractivity contribution in [3.8, 4) is 0 Å². The number of nitrogens with one attached hydrogen (secondary N) is 1. The highest BCUT2D eigenvalue weighted by Crippen LogP contribution is 2.69. The van der Waals surface area contributed by atoms with Gasteiger partial charge in [-0.3, -0.25) is 0 Å². The number of hydrogen-bond donors (Lipinski definition) is 1. The predicted molar refractivity (Wildman–Crippen MR) is 128 cm³/mol. The fourth-order valence-corrected chi connectivity index (χ4v) is 11.2. The van der Waals surface area contributed by atoms with Gasteiger partial charge in [-0.2, -0.15) is 0 Å². The Bertz CT molecular complexity index is 749. The van der Waals surface area contributed by atoms with Crippen molar-refractivity contribution >= 4 is 18.9 Å². The van der Waals surface area contributed by atoms with E-state index in [0.29, 0.717) is 5.16 Å². The lowest BCUT2D eigenvalue weighted by Gasteiger charge is -2.53. The number of hydrogen-bond acceptors (Lipinski definition) is 2. The SMILES string of the molecule is CC1CC=C(P(c2ccccc2N2CCNCC2)C23CCCC(CC(C)C2)C3)C1. The van der Waals surface area contributed by atoms with Crippen molar-refractivity contribution in [3.63, 3.8) is 0 Å². The first-order chi connectivity index (χ1) is 14.1. The monoisotopic (exact) mass is 410 g/mol. The van der Waals surface area contributed by atoms with Gasteiger partial charge in [-0.15, -0.1) is 0 Å². The molecule has 1 saturated heterocycles. The van der Waals surface area contributed by atoms with Crippen LogP contribution in [0.25, 0.3) is 0 Å². The molecule has 5 unspecified atom stereocenters. The van der Waals surface area contributed by atoms with Gasteiger partial charge >= 0.3 is 0 Å². The van der Waals surface area contributed by atoms with Crippen LogP contribution >= 0.6 is 7.92 Å². The van der Waals surface area contributed by atoms with Crippen molar-refractivity contribution in [2.24, 2.45) is 17.8 Å². The number of piperazine rings is 1. The molecular formula is C26H39N2P. The molecule has 1 N–H and O–H groups in total. The van der Waals surface area contributed by atoms with Gasteiger partial charge < -0.3 is 10.2 Å². The quantitative estimate of drug-likeness (QED) is 0.624. The fourth-order valence-electron chi connectivity index (χ4n) is 7.03. The van der Waals surface area contributed by atoms with Crippen LogP contribution in [0.15, 0.2) is 35.7 Å². The molecule has 2 bridgehead atoms. The first-order valence-electron chi connectivity index (χ1n) is 12.2. The van der Waals surface area contributed by atoms with E-state index in [2.05, 4.69) is 54.4 Å². The maximum atomic E-state index is 3.55. The largest absolute Gasteiger partial charge is 0.368 e. The first kappa shape index (κ1) is 20.1. The van der Waals surface area contributed by atoms with Crippen LogP contribution in [-0.2, 0) is 0 Å². The van der Waals surface area contributed by atoms with Gasteiger partial charge in [0.2, 0.25) is 0 Å². The Labute approximate surface area is 179 Å². The van der Waals surface area contributed by atoms with Gasteiger partial charge in [0.25, 0.3) is 0 Å². The number of fused-ring (bicyclic) bond motifs is 2. The second-order valence-corrected chi connectivity index (χ2v) is 13.2. The first-order valence-corrected chi connectivity index (χ1v) is 13.5. The molecule has 1 aromatic carbocycles. The van der Waals surface area contributed by atoms with E-state index in [9.17, 15) is 0 Å². The van der Waals surface area contributed by atoms with Crippen molar-refractivity contribution in [3.05, 3.63) is 35.7 Å². The molecule has 0 radical (unpaired) electrons. The van der Waals surface area contributed by atoms with Gasteiger partial charge in [-0.1, -0.05) is 51.0 Å². The number of allylic oxidation sites excluding steroid dienone is 2. The summed E-state index contributed by atoms with van der Waals surface area (Å²) in [6.07, 6.45) is 14.2. The molecule has 5 atom stereocenters. The van der Waals surface area contributed by atoms with Crippen LogP contribution in [0.1, 0.15) is 65.2 Å². The molecule has 1 heterocycles. The van der Waals surface area contributed by atoms with E-state index in [4.69, 9.17) is 0 Å². The summed E-state index contributed by atoms with van der Waals surface area (Å²) in [5.74, 6) is 2.74. The Morgan fingerprint density at radius 1 is 1.07 bits per heavy atom. The minimum atomic E-state index is -0.235. The minimum absolute atomic E-state index is 0.235. The molecule has 1 aromatic rings. The van der Waals surface area contributed by atoms with Gasteiger partial charge in [0.15, 0.2) is 0 Å². The molecular weight excluding hydrogens is 371 g/mol. The summed E-state index contributed by atoms with van der Waals surface area (Å²) < 4.78 is 0. The average molecular weight is 411 g/mol. The Morgan fingerprint density at radius 2 is 1.90 bits per heavy atom. The van der Waals surface area contributed by atoms with Crippen LogP contribution in [0.5, 0.6) is 0 Å². The molecule has 3 fully saturated rings. The van der Waals surface area contributed by atoms with Gasteiger partial charge in [0.1, 0.15) is 0 Å². The van der Waals surface area contributed by atoms with Crippen molar-refractivity contribution in [1.29, 1.82) is 0 Å². The fraction of sp³-hybridized carbons (Fsp3) is 0.692. The summed E-state index contributed by atoms with van der Waals surface area (Å²) in [6.45, 7) is 9.56. The zero-order chi connectivity index (χ0) is 19.8. The van der Waals surface area contributed by atoms with Crippen LogP contribution in [0.2, 0.25) is 0 Å². The maximum Gasteiger partial charge on any atom is 0.0448 e. The van der Waals surface area contributed by atoms with Crippen LogP contribution in [0, 0.1) is 17.8 Å². The van der Waals surface area contributed by atoms with Crippen molar-refractivity contribution in [2.75, 3.05) is 31.1 Å². The van der Waals surface area contributed by atoms with Crippen LogP contribution in [0.3, 0.4) is 0 Å². The van der Waals surface area contributed by atoms with Gasteiger partial charge in [0.05, 0.1) is 0 Å². The summed E-state index contributed by atoms with van der Waals surface area (Å²) >= 11 is 0. The summed E-state index contributed by atoms with van der Waals surface area (Å²) in [6, 6.07) is 9.59. The van der Waals surface area contributed by atoms with E-state index >= 15 is 0 Å². The van der Waals surface area contributed by atoms with E-state index < -0.39 is 0 Å². The molecule has 0 amide bonds. The highest BCUT2D eigenvalue weighted by atomic mass is 31.1. The zero-order valence-corrected chi connectivity index (χ0v) is 19.4. The Morgan fingerprint density at radius 3 is 2.69 bits per heavy atom. The van der Waals surface area contributed by atoms with E-state index in [1.807, 2.05) is 5.31 Å². The third-order valence-electron chi connectivity index (χ3n) is 8.04. The lowest BCUT2D eigenvalue weighted by molar-refractivity contribution is 0.167. The molecule has 29 heavy (non-hydrogen) atoms. The third kappa shape index (κ3) is 3.92. The number of para-hydroxylation sites is 1. The normalized spacial score (nSPS) is 36.0. The molecule has 3 aliphatic carbocycles. The molecule has 4 aliphatic rings. The van der Waals surface area contributed by atoms with E-state index in [1.165, 1.54) is 51.4 Å². The minimum Gasteiger partial charge on any atom is -0.368 e. The van der Waals surface area contributed by atoms with Crippen LogP contribution in [-0.4, -0.2) is 31.3 Å². The van der Waals surface area contributed by atoms with Gasteiger partial charge in [-0.25, -0.2) is 0 Å². The molecule has 5 rings (SSSR count). The highest BCUT2D eigenvalue weighted by molar-refractivity contribution is 7.71. The summed E-state index contributed by atoms with van der Waals surface area (Å²) in [7, 11) is -0.235. The van der Waals surface area contributed by atoms with E-state index in [1.54, 1.807) is 11.0 Å². The van der Waals surface area contributed by atoms with E-state index in [0.717, 1.165) is 43.9 Å². The van der Waals surface area contributed by atoms with Crippen molar-refractivity contribution in [1.82, 2.24) is 5.32 Å². The second-order valence-electron chi connectivity index (χ2n) is 10.5. The van der Waals surface area contributed by atoms with E-state index in [-0.39, 0.29) is 7.92 Å². The number of nitrogens with zero attached hydrogens (tertiary/aromatic N) is 1. The average Bonchev–Trinajstić information content (AvgIpc) is 3.14. The molecule has 2 nitrogen and oxygen atoms in total. The lowest BCUT2D eigenvalue weighted by atomic mass is 9.68. The smallest absolute Gasteiger partial charge is 0.0448 e. The molecule has 2 saturated carbocycles. The predicted octanol–water partition coefficient (Wildman–Crippen LogP) is 5.88. The number of anilines is 1.